The number of benzene rings is 1. The van der Waals surface area contributed by atoms with Crippen LogP contribution in [0.5, 0.6) is 0 Å². The quantitative estimate of drug-likeness (QED) is 0.589. The first-order chi connectivity index (χ1) is 11.1. The molecule has 1 aliphatic heterocycles. The summed E-state index contributed by atoms with van der Waals surface area (Å²) < 4.78 is 16.1. The van der Waals surface area contributed by atoms with Gasteiger partial charge in [-0.2, -0.15) is 0 Å². The molecule has 0 saturated carbocycles. The molecule has 3 nitrogen and oxygen atoms in total. The van der Waals surface area contributed by atoms with Crippen molar-refractivity contribution in [3.05, 3.63) is 81.6 Å². The van der Waals surface area contributed by atoms with Crippen molar-refractivity contribution in [2.24, 2.45) is 4.99 Å². The van der Waals surface area contributed by atoms with E-state index in [1.54, 1.807) is 18.3 Å². The number of nitrogens with zero attached hydrogens (tertiary/aromatic N) is 3. The second-order valence-corrected chi connectivity index (χ2v) is 5.93. The molecule has 6 heteroatoms. The van der Waals surface area contributed by atoms with Crippen LogP contribution >= 0.6 is 23.2 Å². The van der Waals surface area contributed by atoms with Gasteiger partial charge in [0.25, 0.3) is 0 Å². The van der Waals surface area contributed by atoms with Crippen molar-refractivity contribution < 1.29 is 4.39 Å². The highest BCUT2D eigenvalue weighted by Gasteiger charge is 2.20. The van der Waals surface area contributed by atoms with Gasteiger partial charge in [0.2, 0.25) is 0 Å². The van der Waals surface area contributed by atoms with Gasteiger partial charge in [0.1, 0.15) is 11.0 Å². The Kier molecular flexibility index (Phi) is 3.43. The molecule has 4 rings (SSSR count). The van der Waals surface area contributed by atoms with Crippen LogP contribution in [0, 0.1) is 5.82 Å². The summed E-state index contributed by atoms with van der Waals surface area (Å²) in [7, 11) is 0. The lowest BCUT2D eigenvalue weighted by Gasteiger charge is -2.11. The van der Waals surface area contributed by atoms with Crippen LogP contribution in [0.15, 0.2) is 53.8 Å². The normalized spacial score (nSPS) is 13.1. The molecule has 1 aromatic carbocycles. The molecule has 0 bridgehead atoms. The van der Waals surface area contributed by atoms with E-state index < -0.39 is 0 Å². The fourth-order valence-electron chi connectivity index (χ4n) is 2.74. The van der Waals surface area contributed by atoms with E-state index in [1.165, 1.54) is 6.07 Å². The Labute approximate surface area is 142 Å². The van der Waals surface area contributed by atoms with Gasteiger partial charge in [0, 0.05) is 23.5 Å². The van der Waals surface area contributed by atoms with Crippen LogP contribution in [0.4, 0.5) is 4.39 Å². The van der Waals surface area contributed by atoms with Crippen molar-refractivity contribution in [3.63, 3.8) is 0 Å². The van der Waals surface area contributed by atoms with E-state index in [0.29, 0.717) is 16.3 Å². The fraction of sp³-hybridized carbons (Fsp3) is 0.0588. The number of hydrogen-bond acceptors (Lipinski definition) is 2. The number of halogens is 3. The molecular formula is C17H10Cl2FN3. The molecule has 0 aliphatic carbocycles. The maximum absolute atomic E-state index is 14.2. The zero-order valence-electron chi connectivity index (χ0n) is 11.8. The molecule has 23 heavy (non-hydrogen) atoms. The summed E-state index contributed by atoms with van der Waals surface area (Å²) in [6.07, 6.45) is 3.51. The van der Waals surface area contributed by atoms with Crippen molar-refractivity contribution in [1.82, 2.24) is 9.55 Å². The van der Waals surface area contributed by atoms with Crippen LogP contribution in [0.25, 0.3) is 5.69 Å². The third-order valence-electron chi connectivity index (χ3n) is 3.81. The summed E-state index contributed by atoms with van der Waals surface area (Å²) in [4.78, 5) is 8.67. The largest absolute Gasteiger partial charge is 0.315 e. The maximum atomic E-state index is 14.2. The fourth-order valence-corrected chi connectivity index (χ4v) is 3.01. The van der Waals surface area contributed by atoms with Gasteiger partial charge >= 0.3 is 0 Å². The van der Waals surface area contributed by atoms with Gasteiger partial charge in [0.15, 0.2) is 0 Å². The minimum Gasteiger partial charge on any atom is -0.315 e. The SMILES string of the molecule is Fc1cccc2c1CN=C(c1cnc(Cl)c(Cl)c1)c1cccn1-2. The molecule has 2 aromatic heterocycles. The molecule has 0 saturated heterocycles. The average molecular weight is 346 g/mol. The van der Waals surface area contributed by atoms with Crippen LogP contribution in [-0.4, -0.2) is 15.3 Å². The number of hydrogen-bond donors (Lipinski definition) is 0. The Bertz CT molecular complexity index is 947. The second-order valence-electron chi connectivity index (χ2n) is 5.16. The van der Waals surface area contributed by atoms with Crippen molar-refractivity contribution in [1.29, 1.82) is 0 Å². The summed E-state index contributed by atoms with van der Waals surface area (Å²) in [5, 5.41) is 0.604. The smallest absolute Gasteiger partial charge is 0.147 e. The van der Waals surface area contributed by atoms with Gasteiger partial charge in [-0.15, -0.1) is 0 Å². The molecule has 0 unspecified atom stereocenters. The van der Waals surface area contributed by atoms with Gasteiger partial charge in [0.05, 0.1) is 28.7 Å². The van der Waals surface area contributed by atoms with E-state index in [2.05, 4.69) is 9.98 Å². The van der Waals surface area contributed by atoms with Gasteiger partial charge in [-0.25, -0.2) is 9.37 Å². The number of pyridine rings is 1. The Morgan fingerprint density at radius 3 is 2.83 bits per heavy atom. The topological polar surface area (TPSA) is 30.2 Å². The van der Waals surface area contributed by atoms with Crippen molar-refractivity contribution in [2.75, 3.05) is 0 Å². The first-order valence-electron chi connectivity index (χ1n) is 6.96. The molecule has 0 radical (unpaired) electrons. The molecule has 0 amide bonds. The Morgan fingerprint density at radius 2 is 2.00 bits per heavy atom. The third-order valence-corrected chi connectivity index (χ3v) is 4.50. The molecule has 3 aromatic rings. The first kappa shape index (κ1) is 14.4. The second kappa shape index (κ2) is 5.48. The summed E-state index contributed by atoms with van der Waals surface area (Å²) in [5.74, 6) is -0.264. The van der Waals surface area contributed by atoms with Gasteiger partial charge in [-0.1, -0.05) is 29.3 Å². The number of fused-ring (bicyclic) bond motifs is 3. The van der Waals surface area contributed by atoms with Gasteiger partial charge in [-0.05, 0) is 30.3 Å². The lowest BCUT2D eigenvalue weighted by molar-refractivity contribution is 0.609. The van der Waals surface area contributed by atoms with E-state index in [-0.39, 0.29) is 17.5 Å². The lowest BCUT2D eigenvalue weighted by atomic mass is 10.1. The zero-order valence-corrected chi connectivity index (χ0v) is 13.3. The molecule has 0 fully saturated rings. The predicted molar refractivity (Wildman–Crippen MR) is 89.3 cm³/mol. The highest BCUT2D eigenvalue weighted by atomic mass is 35.5. The summed E-state index contributed by atoms with van der Waals surface area (Å²) in [6.45, 7) is 0.249. The van der Waals surface area contributed by atoms with Crippen LogP contribution in [0.3, 0.4) is 0 Å². The highest BCUT2D eigenvalue weighted by Crippen LogP contribution is 2.28. The Hall–Kier alpha value is -2.17. The van der Waals surface area contributed by atoms with Gasteiger partial charge < -0.3 is 4.57 Å². The Morgan fingerprint density at radius 1 is 1.13 bits per heavy atom. The standard InChI is InChI=1S/C17H10Cl2FN3/c18-12-7-10(8-22-17(12)19)16-15-5-2-6-23(15)14-4-1-3-13(20)11(14)9-21-16/h1-8H,9H2. The average Bonchev–Trinajstić information content (AvgIpc) is 2.95. The van der Waals surface area contributed by atoms with E-state index in [1.807, 2.05) is 29.0 Å². The summed E-state index contributed by atoms with van der Waals surface area (Å²) in [5.41, 5.74) is 3.66. The van der Waals surface area contributed by atoms with Crippen molar-refractivity contribution in [2.45, 2.75) is 6.54 Å². The van der Waals surface area contributed by atoms with Crippen molar-refractivity contribution >= 4 is 28.9 Å². The van der Waals surface area contributed by atoms with Crippen LogP contribution in [0.1, 0.15) is 16.8 Å². The molecule has 3 heterocycles. The zero-order chi connectivity index (χ0) is 16.0. The number of aromatic nitrogens is 2. The monoisotopic (exact) mass is 345 g/mol. The molecule has 0 atom stereocenters. The molecule has 0 N–H and O–H groups in total. The molecule has 114 valence electrons. The predicted octanol–water partition coefficient (Wildman–Crippen LogP) is 4.67. The first-order valence-corrected chi connectivity index (χ1v) is 7.72. The van der Waals surface area contributed by atoms with E-state index in [0.717, 1.165) is 16.9 Å². The summed E-state index contributed by atoms with van der Waals surface area (Å²) >= 11 is 12.0. The van der Waals surface area contributed by atoms with E-state index in [4.69, 9.17) is 23.2 Å². The van der Waals surface area contributed by atoms with Gasteiger partial charge in [-0.3, -0.25) is 4.99 Å². The molecule has 0 spiro atoms. The maximum Gasteiger partial charge on any atom is 0.147 e. The highest BCUT2D eigenvalue weighted by molar-refractivity contribution is 6.41. The molecular weight excluding hydrogens is 336 g/mol. The number of aliphatic imine (C=N–C) groups is 1. The number of rotatable bonds is 1. The lowest BCUT2D eigenvalue weighted by Crippen LogP contribution is -2.09. The van der Waals surface area contributed by atoms with Crippen LogP contribution in [-0.2, 0) is 6.54 Å². The minimum atomic E-state index is -0.264. The van der Waals surface area contributed by atoms with Crippen LogP contribution < -0.4 is 0 Å². The minimum absolute atomic E-state index is 0.245. The molecule has 1 aliphatic rings. The third kappa shape index (κ3) is 2.35. The van der Waals surface area contributed by atoms with E-state index >= 15 is 0 Å². The van der Waals surface area contributed by atoms with E-state index in [9.17, 15) is 4.39 Å². The van der Waals surface area contributed by atoms with Crippen LogP contribution in [0.2, 0.25) is 10.2 Å². The summed E-state index contributed by atoms with van der Waals surface area (Å²) in [6, 6.07) is 10.6. The van der Waals surface area contributed by atoms with Crippen molar-refractivity contribution in [3.8, 4) is 5.69 Å². The Balaban J connectivity index is 1.94.